The first-order valence-electron chi connectivity index (χ1n) is 7.29. The van der Waals surface area contributed by atoms with Crippen LogP contribution in [0.15, 0.2) is 0 Å². The van der Waals surface area contributed by atoms with Crippen LogP contribution in [0.3, 0.4) is 0 Å². The van der Waals surface area contributed by atoms with Crippen LogP contribution in [-0.2, 0) is 19.2 Å². The summed E-state index contributed by atoms with van der Waals surface area (Å²) in [6.07, 6.45) is 0.776. The van der Waals surface area contributed by atoms with Crippen LogP contribution in [0.2, 0.25) is 0 Å². The Kier molecular flexibility index (Phi) is 12.1. The second kappa shape index (κ2) is 12.9. The van der Waals surface area contributed by atoms with Gasteiger partial charge in [0.1, 0.15) is 18.6 Å². The zero-order valence-corrected chi connectivity index (χ0v) is 15.0. The van der Waals surface area contributed by atoms with Gasteiger partial charge in [-0.3, -0.25) is 19.2 Å². The maximum absolute atomic E-state index is 12.0. The van der Waals surface area contributed by atoms with Crippen molar-refractivity contribution in [3.63, 3.8) is 0 Å². The maximum Gasteiger partial charge on any atom is 0.322 e. The topological polar surface area (TPSA) is 159 Å². The molecule has 0 aliphatic heterocycles. The number of nitrogens with one attached hydrogen (secondary N) is 2. The van der Waals surface area contributed by atoms with Crippen LogP contribution in [0.5, 0.6) is 0 Å². The van der Waals surface area contributed by atoms with Crippen LogP contribution >= 0.6 is 21.6 Å². The van der Waals surface area contributed by atoms with Crippen molar-refractivity contribution in [3.05, 3.63) is 0 Å². The van der Waals surface area contributed by atoms with Crippen molar-refractivity contribution in [2.75, 3.05) is 18.1 Å². The van der Waals surface area contributed by atoms with Gasteiger partial charge in [0.25, 0.3) is 0 Å². The summed E-state index contributed by atoms with van der Waals surface area (Å²) >= 11 is 0. The molecule has 24 heavy (non-hydrogen) atoms. The highest BCUT2D eigenvalue weighted by atomic mass is 33.1. The molecule has 6 N–H and O–H groups in total. The Balaban J connectivity index is 4.49. The molecule has 0 heterocycles. The standard InChI is InChI=1S/C13H23N3O6S2/c1-2-5-23-24-7-9(12(20)15-6-11(18)19)16-10(17)4-3-8(14)13(21)22/h8-9H,2-7,14H2,1H3,(H,15,20)(H,16,17)(H,18,19)(H,21,22)/t8-,9-/m0/s1. The zero-order chi connectivity index (χ0) is 18.5. The fourth-order valence-electron chi connectivity index (χ4n) is 1.40. The summed E-state index contributed by atoms with van der Waals surface area (Å²) < 4.78 is 0. The number of carbonyl (C=O) groups is 4. The highest BCUT2D eigenvalue weighted by molar-refractivity contribution is 8.76. The second-order valence-corrected chi connectivity index (χ2v) is 7.45. The number of rotatable bonds is 13. The average molecular weight is 381 g/mol. The Bertz CT molecular complexity index is 449. The summed E-state index contributed by atoms with van der Waals surface area (Å²) in [6.45, 7) is 1.47. The van der Waals surface area contributed by atoms with Gasteiger partial charge in [-0.15, -0.1) is 0 Å². The fourth-order valence-corrected chi connectivity index (χ4v) is 3.71. The minimum Gasteiger partial charge on any atom is -0.480 e. The van der Waals surface area contributed by atoms with Gasteiger partial charge < -0.3 is 26.6 Å². The van der Waals surface area contributed by atoms with Crippen LogP contribution < -0.4 is 16.4 Å². The third-order valence-corrected chi connectivity index (χ3v) is 5.29. The molecule has 11 heteroatoms. The van der Waals surface area contributed by atoms with Crippen molar-refractivity contribution < 1.29 is 29.4 Å². The molecule has 0 saturated heterocycles. The van der Waals surface area contributed by atoms with E-state index in [2.05, 4.69) is 10.6 Å². The molecule has 0 aliphatic rings. The Morgan fingerprint density at radius 1 is 1.17 bits per heavy atom. The number of hydrogen-bond donors (Lipinski definition) is 5. The summed E-state index contributed by atoms with van der Waals surface area (Å²) in [5, 5.41) is 22.0. The normalized spacial score (nSPS) is 12.9. The number of carboxylic acids is 2. The minimum absolute atomic E-state index is 0.0532. The SMILES string of the molecule is CCCSSC[C@H](NC(=O)CC[C@H](N)C(=O)O)C(=O)NCC(=O)O. The molecule has 0 unspecified atom stereocenters. The predicted octanol–water partition coefficient (Wildman–Crippen LogP) is -0.344. The van der Waals surface area contributed by atoms with E-state index in [4.69, 9.17) is 15.9 Å². The van der Waals surface area contributed by atoms with Crippen molar-refractivity contribution in [1.29, 1.82) is 0 Å². The van der Waals surface area contributed by atoms with Crippen LogP contribution in [-0.4, -0.2) is 64.1 Å². The maximum atomic E-state index is 12.0. The van der Waals surface area contributed by atoms with Crippen molar-refractivity contribution >= 4 is 45.3 Å². The van der Waals surface area contributed by atoms with Gasteiger partial charge in [-0.05, 0) is 12.8 Å². The van der Waals surface area contributed by atoms with Gasteiger partial charge in [0.2, 0.25) is 11.8 Å². The predicted molar refractivity (Wildman–Crippen MR) is 92.6 cm³/mol. The van der Waals surface area contributed by atoms with Crippen LogP contribution in [0, 0.1) is 0 Å². The monoisotopic (exact) mass is 381 g/mol. The van der Waals surface area contributed by atoms with Crippen LogP contribution in [0.1, 0.15) is 26.2 Å². The van der Waals surface area contributed by atoms with Crippen LogP contribution in [0.4, 0.5) is 0 Å². The second-order valence-electron chi connectivity index (χ2n) is 4.82. The molecular weight excluding hydrogens is 358 g/mol. The Labute approximate surface area is 147 Å². The van der Waals surface area contributed by atoms with E-state index in [-0.39, 0.29) is 18.6 Å². The molecule has 0 radical (unpaired) electrons. The van der Waals surface area contributed by atoms with E-state index in [1.807, 2.05) is 6.92 Å². The number of nitrogens with two attached hydrogens (primary N) is 1. The van der Waals surface area contributed by atoms with E-state index in [1.54, 1.807) is 10.8 Å². The summed E-state index contributed by atoms with van der Waals surface area (Å²) in [5.74, 6) is -2.34. The molecule has 2 amide bonds. The van der Waals surface area contributed by atoms with Crippen LogP contribution in [0.25, 0.3) is 0 Å². The van der Waals surface area contributed by atoms with Gasteiger partial charge in [0, 0.05) is 17.9 Å². The Hall–Kier alpha value is -1.46. The van der Waals surface area contributed by atoms with E-state index in [0.717, 1.165) is 12.2 Å². The lowest BCUT2D eigenvalue weighted by atomic mass is 10.1. The lowest BCUT2D eigenvalue weighted by Crippen LogP contribution is -2.49. The molecule has 0 spiro atoms. The summed E-state index contributed by atoms with van der Waals surface area (Å²) in [6, 6.07) is -2.04. The highest BCUT2D eigenvalue weighted by Crippen LogP contribution is 2.22. The number of amides is 2. The van der Waals surface area contributed by atoms with Gasteiger partial charge in [0.05, 0.1) is 0 Å². The molecule has 0 bridgehead atoms. The number of hydrogen-bond acceptors (Lipinski definition) is 7. The summed E-state index contributed by atoms with van der Waals surface area (Å²) in [7, 11) is 2.94. The smallest absolute Gasteiger partial charge is 0.322 e. The molecule has 0 fully saturated rings. The van der Waals surface area contributed by atoms with E-state index in [9.17, 15) is 19.2 Å². The molecular formula is C13H23N3O6S2. The average Bonchev–Trinajstić information content (AvgIpc) is 2.52. The number of carbonyl (C=O) groups excluding carboxylic acids is 2. The minimum atomic E-state index is -1.20. The third kappa shape index (κ3) is 11.1. The van der Waals surface area contributed by atoms with E-state index in [1.165, 1.54) is 10.8 Å². The first-order chi connectivity index (χ1) is 11.3. The van der Waals surface area contributed by atoms with Gasteiger partial charge in [-0.1, -0.05) is 28.5 Å². The lowest BCUT2D eigenvalue weighted by molar-refractivity contribution is -0.139. The highest BCUT2D eigenvalue weighted by Gasteiger charge is 2.22. The van der Waals surface area contributed by atoms with E-state index >= 15 is 0 Å². The van der Waals surface area contributed by atoms with E-state index in [0.29, 0.717) is 0 Å². The molecule has 138 valence electrons. The lowest BCUT2D eigenvalue weighted by Gasteiger charge is -2.17. The first kappa shape index (κ1) is 22.5. The Morgan fingerprint density at radius 3 is 2.38 bits per heavy atom. The molecule has 0 saturated carbocycles. The van der Waals surface area contributed by atoms with Crippen molar-refractivity contribution in [1.82, 2.24) is 10.6 Å². The Morgan fingerprint density at radius 2 is 1.83 bits per heavy atom. The quantitative estimate of drug-likeness (QED) is 0.212. The number of aliphatic carboxylic acids is 2. The van der Waals surface area contributed by atoms with Gasteiger partial charge in [-0.2, -0.15) is 0 Å². The largest absolute Gasteiger partial charge is 0.480 e. The molecule has 0 aromatic carbocycles. The van der Waals surface area contributed by atoms with E-state index < -0.39 is 42.4 Å². The number of carboxylic acid groups (broad SMARTS) is 2. The zero-order valence-electron chi connectivity index (χ0n) is 13.3. The molecule has 0 aromatic heterocycles. The molecule has 2 atom stereocenters. The molecule has 0 aromatic rings. The molecule has 0 rings (SSSR count). The van der Waals surface area contributed by atoms with Crippen molar-refractivity contribution in [2.45, 2.75) is 38.3 Å². The van der Waals surface area contributed by atoms with Gasteiger partial charge in [-0.25, -0.2) is 0 Å². The summed E-state index contributed by atoms with van der Waals surface area (Å²) in [5.41, 5.74) is 5.32. The van der Waals surface area contributed by atoms with Gasteiger partial charge in [0.15, 0.2) is 0 Å². The van der Waals surface area contributed by atoms with Gasteiger partial charge >= 0.3 is 11.9 Å². The first-order valence-corrected chi connectivity index (χ1v) is 9.78. The van der Waals surface area contributed by atoms with Crippen molar-refractivity contribution in [2.24, 2.45) is 5.73 Å². The van der Waals surface area contributed by atoms with Crippen molar-refractivity contribution in [3.8, 4) is 0 Å². The summed E-state index contributed by atoms with van der Waals surface area (Å²) in [4.78, 5) is 44.9. The fraction of sp³-hybridized carbons (Fsp3) is 0.692. The third-order valence-electron chi connectivity index (χ3n) is 2.67. The molecule has 0 aliphatic carbocycles. The molecule has 9 nitrogen and oxygen atoms in total.